The zero-order valence-corrected chi connectivity index (χ0v) is 21.5. The highest BCUT2D eigenvalue weighted by molar-refractivity contribution is 5.61. The van der Waals surface area contributed by atoms with E-state index in [-0.39, 0.29) is 6.10 Å². The first-order chi connectivity index (χ1) is 17.3. The van der Waals surface area contributed by atoms with E-state index in [1.54, 1.807) is 7.11 Å². The third-order valence-corrected chi connectivity index (χ3v) is 6.97. The SMILES string of the molecule is CCCCOCc1ccc([C@H]2CCNC[C@@H]2OCc2ccc3c(c2)N(CCCOC)CCO3)cc1. The quantitative estimate of drug-likeness (QED) is 0.410. The monoisotopic (exact) mass is 482 g/mol. The summed E-state index contributed by atoms with van der Waals surface area (Å²) in [4.78, 5) is 2.40. The second-order valence-electron chi connectivity index (χ2n) is 9.58. The lowest BCUT2D eigenvalue weighted by molar-refractivity contribution is 0.0106. The Morgan fingerprint density at radius 2 is 1.89 bits per heavy atom. The number of ether oxygens (including phenoxy) is 4. The van der Waals surface area contributed by atoms with Gasteiger partial charge in [0.25, 0.3) is 0 Å². The maximum atomic E-state index is 6.52. The molecule has 35 heavy (non-hydrogen) atoms. The van der Waals surface area contributed by atoms with Crippen molar-refractivity contribution in [3.63, 3.8) is 0 Å². The summed E-state index contributed by atoms with van der Waals surface area (Å²) in [6.45, 7) is 9.62. The molecule has 1 N–H and O–H groups in total. The second kappa shape index (κ2) is 13.8. The number of unbranched alkanes of at least 4 members (excludes halogenated alkanes) is 1. The summed E-state index contributed by atoms with van der Waals surface area (Å²) in [5.74, 6) is 1.37. The van der Waals surface area contributed by atoms with Gasteiger partial charge in [-0.15, -0.1) is 0 Å². The number of piperidine rings is 1. The van der Waals surface area contributed by atoms with Crippen molar-refractivity contribution in [2.24, 2.45) is 0 Å². The highest BCUT2D eigenvalue weighted by Gasteiger charge is 2.27. The second-order valence-corrected chi connectivity index (χ2v) is 9.58. The van der Waals surface area contributed by atoms with Crippen molar-refractivity contribution in [1.82, 2.24) is 5.32 Å². The molecule has 1 fully saturated rings. The molecule has 1 saturated heterocycles. The molecule has 6 heteroatoms. The largest absolute Gasteiger partial charge is 0.490 e. The number of anilines is 1. The van der Waals surface area contributed by atoms with Crippen LogP contribution >= 0.6 is 0 Å². The predicted molar refractivity (Wildman–Crippen MR) is 140 cm³/mol. The Kier molecular flexibility index (Phi) is 10.3. The maximum absolute atomic E-state index is 6.52. The van der Waals surface area contributed by atoms with Gasteiger partial charge in [-0.25, -0.2) is 0 Å². The van der Waals surface area contributed by atoms with Gasteiger partial charge in [0, 0.05) is 39.3 Å². The Bertz CT molecular complexity index is 889. The summed E-state index contributed by atoms with van der Waals surface area (Å²) in [6, 6.07) is 15.4. The van der Waals surface area contributed by atoms with E-state index < -0.39 is 0 Å². The third kappa shape index (κ3) is 7.43. The van der Waals surface area contributed by atoms with Crippen LogP contribution in [0.15, 0.2) is 42.5 Å². The number of methoxy groups -OCH3 is 1. The molecule has 2 aromatic rings. The summed E-state index contributed by atoms with van der Waals surface area (Å²) in [5.41, 5.74) is 4.96. The predicted octanol–water partition coefficient (Wildman–Crippen LogP) is 4.90. The van der Waals surface area contributed by atoms with Crippen molar-refractivity contribution in [2.45, 2.75) is 57.8 Å². The van der Waals surface area contributed by atoms with E-state index in [0.29, 0.717) is 19.1 Å². The minimum Gasteiger partial charge on any atom is -0.490 e. The summed E-state index contributed by atoms with van der Waals surface area (Å²) in [5, 5.41) is 3.52. The summed E-state index contributed by atoms with van der Waals surface area (Å²) >= 11 is 0. The molecule has 0 aliphatic carbocycles. The first-order valence-corrected chi connectivity index (χ1v) is 13.3. The standard InChI is InChI=1S/C29H42N2O4/c1-3-4-17-33-21-23-6-9-25(10-7-23)26-12-13-30-20-29(26)35-22-24-8-11-28-27(19-24)31(15-18-34-28)14-5-16-32-2/h6-11,19,26,29-30H,3-5,12-18,20-22H2,1-2H3/t26-,29+/m1/s1. The number of nitrogens with one attached hydrogen (secondary N) is 1. The van der Waals surface area contributed by atoms with Crippen molar-refractivity contribution in [2.75, 3.05) is 58.0 Å². The molecule has 0 amide bonds. The lowest BCUT2D eigenvalue weighted by Crippen LogP contribution is -2.41. The molecule has 0 saturated carbocycles. The average molecular weight is 483 g/mol. The molecule has 0 bridgehead atoms. The minimum absolute atomic E-state index is 0.153. The molecule has 2 aliphatic rings. The van der Waals surface area contributed by atoms with Crippen LogP contribution in [0.25, 0.3) is 0 Å². The lowest BCUT2D eigenvalue weighted by Gasteiger charge is -2.33. The first-order valence-electron chi connectivity index (χ1n) is 13.3. The minimum atomic E-state index is 0.153. The smallest absolute Gasteiger partial charge is 0.142 e. The van der Waals surface area contributed by atoms with E-state index in [4.69, 9.17) is 18.9 Å². The molecule has 2 aliphatic heterocycles. The first kappa shape index (κ1) is 26.0. The fourth-order valence-corrected chi connectivity index (χ4v) is 4.93. The van der Waals surface area contributed by atoms with Gasteiger partial charge in [-0.05, 0) is 54.6 Å². The highest BCUT2D eigenvalue weighted by atomic mass is 16.5. The molecule has 0 radical (unpaired) electrons. The number of hydrogen-bond acceptors (Lipinski definition) is 6. The Hall–Kier alpha value is -2.12. The van der Waals surface area contributed by atoms with Gasteiger partial charge < -0.3 is 29.2 Å². The zero-order valence-electron chi connectivity index (χ0n) is 21.5. The molecule has 2 heterocycles. The van der Waals surface area contributed by atoms with E-state index in [2.05, 4.69) is 59.6 Å². The Labute approximate surface area is 210 Å². The van der Waals surface area contributed by atoms with Gasteiger partial charge in [0.2, 0.25) is 0 Å². The van der Waals surface area contributed by atoms with Crippen LogP contribution in [0.5, 0.6) is 5.75 Å². The number of benzene rings is 2. The molecule has 192 valence electrons. The summed E-state index contributed by atoms with van der Waals surface area (Å²) < 4.78 is 23.4. The number of fused-ring (bicyclic) bond motifs is 1. The van der Waals surface area contributed by atoms with Gasteiger partial charge in [0.05, 0.1) is 31.5 Å². The molecular weight excluding hydrogens is 440 g/mol. The fourth-order valence-electron chi connectivity index (χ4n) is 4.93. The van der Waals surface area contributed by atoms with E-state index in [1.807, 2.05) is 0 Å². The van der Waals surface area contributed by atoms with Crippen molar-refractivity contribution < 1.29 is 18.9 Å². The molecule has 0 unspecified atom stereocenters. The van der Waals surface area contributed by atoms with Crippen LogP contribution in [0.2, 0.25) is 0 Å². The molecule has 0 aromatic heterocycles. The van der Waals surface area contributed by atoms with E-state index >= 15 is 0 Å². The molecule has 0 spiro atoms. The topological polar surface area (TPSA) is 52.2 Å². The van der Waals surface area contributed by atoms with Crippen LogP contribution in [0.1, 0.15) is 55.2 Å². The van der Waals surface area contributed by atoms with E-state index in [9.17, 15) is 0 Å². The Morgan fingerprint density at radius 1 is 1.03 bits per heavy atom. The van der Waals surface area contributed by atoms with Crippen molar-refractivity contribution in [3.05, 3.63) is 59.2 Å². The zero-order chi connectivity index (χ0) is 24.3. The molecule has 2 aromatic carbocycles. The molecule has 2 atom stereocenters. The number of nitrogens with zero attached hydrogens (tertiary/aromatic N) is 1. The molecule has 6 nitrogen and oxygen atoms in total. The van der Waals surface area contributed by atoms with Crippen LogP contribution < -0.4 is 15.0 Å². The van der Waals surface area contributed by atoms with Crippen molar-refractivity contribution in [3.8, 4) is 5.75 Å². The van der Waals surface area contributed by atoms with Gasteiger partial charge in [-0.2, -0.15) is 0 Å². The van der Waals surface area contributed by atoms with Crippen molar-refractivity contribution >= 4 is 5.69 Å². The van der Waals surface area contributed by atoms with Gasteiger partial charge in [0.15, 0.2) is 0 Å². The summed E-state index contributed by atoms with van der Waals surface area (Å²) in [6.07, 6.45) is 4.54. The van der Waals surface area contributed by atoms with Gasteiger partial charge in [0.1, 0.15) is 12.4 Å². The van der Waals surface area contributed by atoms with Crippen molar-refractivity contribution in [1.29, 1.82) is 0 Å². The summed E-state index contributed by atoms with van der Waals surface area (Å²) in [7, 11) is 1.76. The fraction of sp³-hybridized carbons (Fsp3) is 0.586. The lowest BCUT2D eigenvalue weighted by atomic mass is 9.87. The van der Waals surface area contributed by atoms with Crippen LogP contribution in [-0.4, -0.2) is 59.2 Å². The van der Waals surface area contributed by atoms with E-state index in [0.717, 1.165) is 71.0 Å². The van der Waals surface area contributed by atoms with E-state index in [1.165, 1.54) is 28.8 Å². The highest BCUT2D eigenvalue weighted by Crippen LogP contribution is 2.34. The van der Waals surface area contributed by atoms with Gasteiger partial charge in [-0.3, -0.25) is 0 Å². The van der Waals surface area contributed by atoms with Crippen LogP contribution in [0, 0.1) is 0 Å². The number of rotatable bonds is 13. The molecular formula is C29H42N2O4. The Morgan fingerprint density at radius 3 is 2.71 bits per heavy atom. The van der Waals surface area contributed by atoms with Crippen LogP contribution in [0.4, 0.5) is 5.69 Å². The maximum Gasteiger partial charge on any atom is 0.142 e. The normalized spacial score (nSPS) is 19.9. The van der Waals surface area contributed by atoms with Crippen LogP contribution in [-0.2, 0) is 27.4 Å². The average Bonchev–Trinajstić information content (AvgIpc) is 2.91. The Balaban J connectivity index is 1.35. The third-order valence-electron chi connectivity index (χ3n) is 6.97. The number of hydrogen-bond donors (Lipinski definition) is 1. The van der Waals surface area contributed by atoms with Gasteiger partial charge in [-0.1, -0.05) is 43.7 Å². The molecule has 4 rings (SSSR count). The van der Waals surface area contributed by atoms with Gasteiger partial charge >= 0.3 is 0 Å². The van der Waals surface area contributed by atoms with Crippen LogP contribution in [0.3, 0.4) is 0 Å².